The van der Waals surface area contributed by atoms with E-state index in [0.717, 1.165) is 24.8 Å². The maximum absolute atomic E-state index is 13.0. The lowest BCUT2D eigenvalue weighted by Gasteiger charge is -2.40. The quantitative estimate of drug-likeness (QED) is 0.927. The van der Waals surface area contributed by atoms with Crippen molar-refractivity contribution in [1.29, 1.82) is 0 Å². The van der Waals surface area contributed by atoms with E-state index < -0.39 is 0 Å². The number of hydrogen-bond donors (Lipinski definition) is 1. The van der Waals surface area contributed by atoms with Gasteiger partial charge in [0, 0.05) is 18.0 Å². The number of morpholine rings is 1. The van der Waals surface area contributed by atoms with Gasteiger partial charge < -0.3 is 14.7 Å². The van der Waals surface area contributed by atoms with Crippen LogP contribution in [0.3, 0.4) is 0 Å². The van der Waals surface area contributed by atoms with Crippen LogP contribution in [0, 0.1) is 5.92 Å². The third kappa shape index (κ3) is 2.98. The third-order valence-electron chi connectivity index (χ3n) is 6.19. The standard InChI is InChI=1S/C20H27NO3/c22-19-6-2-5-17(19)18-13-24-12-11-21(18)20(23)16-9-7-15(8-10-16)14-3-1-4-14/h7-10,14,17-19,22H,1-6,11-13H2/t17-,18+,19-/m0/s1. The second-order valence-electron chi connectivity index (χ2n) is 7.55. The van der Waals surface area contributed by atoms with E-state index in [1.807, 2.05) is 17.0 Å². The molecular weight excluding hydrogens is 302 g/mol. The monoisotopic (exact) mass is 329 g/mol. The number of carbonyl (C=O) groups is 1. The van der Waals surface area contributed by atoms with Crippen LogP contribution in [0.25, 0.3) is 0 Å². The van der Waals surface area contributed by atoms with E-state index in [0.29, 0.717) is 25.7 Å². The molecule has 1 heterocycles. The second-order valence-corrected chi connectivity index (χ2v) is 7.55. The van der Waals surface area contributed by atoms with Crippen LogP contribution in [0.1, 0.15) is 60.4 Å². The molecule has 2 aliphatic carbocycles. The first kappa shape index (κ1) is 16.1. The fraction of sp³-hybridized carbons (Fsp3) is 0.650. The molecule has 0 bridgehead atoms. The molecule has 3 fully saturated rings. The summed E-state index contributed by atoms with van der Waals surface area (Å²) in [6.07, 6.45) is 6.45. The smallest absolute Gasteiger partial charge is 0.254 e. The van der Waals surface area contributed by atoms with Crippen molar-refractivity contribution in [1.82, 2.24) is 4.90 Å². The van der Waals surface area contributed by atoms with E-state index >= 15 is 0 Å². The molecule has 1 aromatic carbocycles. The van der Waals surface area contributed by atoms with Gasteiger partial charge in [0.05, 0.1) is 25.4 Å². The van der Waals surface area contributed by atoms with Crippen molar-refractivity contribution in [3.05, 3.63) is 35.4 Å². The molecule has 3 atom stereocenters. The molecule has 24 heavy (non-hydrogen) atoms. The molecule has 2 saturated carbocycles. The lowest BCUT2D eigenvalue weighted by molar-refractivity contribution is -0.0383. The zero-order valence-corrected chi connectivity index (χ0v) is 14.2. The van der Waals surface area contributed by atoms with Crippen LogP contribution in [0.2, 0.25) is 0 Å². The molecule has 1 amide bonds. The van der Waals surface area contributed by atoms with Gasteiger partial charge in [-0.05, 0) is 49.3 Å². The normalized spacial score (nSPS) is 31.0. The third-order valence-corrected chi connectivity index (χ3v) is 6.19. The minimum Gasteiger partial charge on any atom is -0.393 e. The van der Waals surface area contributed by atoms with Gasteiger partial charge in [0.1, 0.15) is 0 Å². The highest BCUT2D eigenvalue weighted by Crippen LogP contribution is 2.36. The molecular formula is C20H27NO3. The summed E-state index contributed by atoms with van der Waals surface area (Å²) in [4.78, 5) is 15.0. The number of aliphatic hydroxyl groups excluding tert-OH is 1. The van der Waals surface area contributed by atoms with Gasteiger partial charge in [-0.3, -0.25) is 4.79 Å². The summed E-state index contributed by atoms with van der Waals surface area (Å²) in [7, 11) is 0. The summed E-state index contributed by atoms with van der Waals surface area (Å²) in [5.41, 5.74) is 2.13. The van der Waals surface area contributed by atoms with Gasteiger partial charge in [0.2, 0.25) is 0 Å². The highest BCUT2D eigenvalue weighted by atomic mass is 16.5. The first-order valence-electron chi connectivity index (χ1n) is 9.41. The highest BCUT2D eigenvalue weighted by molar-refractivity contribution is 5.94. The Kier molecular flexibility index (Phi) is 4.59. The van der Waals surface area contributed by atoms with Crippen molar-refractivity contribution < 1.29 is 14.6 Å². The number of hydrogen-bond acceptors (Lipinski definition) is 3. The van der Waals surface area contributed by atoms with Crippen LogP contribution in [0.15, 0.2) is 24.3 Å². The Morgan fingerprint density at radius 1 is 1.08 bits per heavy atom. The topological polar surface area (TPSA) is 49.8 Å². The van der Waals surface area contributed by atoms with Gasteiger partial charge >= 0.3 is 0 Å². The van der Waals surface area contributed by atoms with Gasteiger partial charge in [0.25, 0.3) is 5.91 Å². The van der Waals surface area contributed by atoms with E-state index in [2.05, 4.69) is 12.1 Å². The van der Waals surface area contributed by atoms with E-state index in [1.54, 1.807) is 0 Å². The molecule has 130 valence electrons. The molecule has 1 aromatic rings. The molecule has 1 N–H and O–H groups in total. The lowest BCUT2D eigenvalue weighted by atomic mass is 9.80. The summed E-state index contributed by atoms with van der Waals surface area (Å²) in [6.45, 7) is 1.76. The summed E-state index contributed by atoms with van der Waals surface area (Å²) in [6, 6.07) is 8.21. The Morgan fingerprint density at radius 2 is 1.83 bits per heavy atom. The van der Waals surface area contributed by atoms with Crippen molar-refractivity contribution in [2.24, 2.45) is 5.92 Å². The van der Waals surface area contributed by atoms with E-state index in [1.165, 1.54) is 24.8 Å². The summed E-state index contributed by atoms with van der Waals surface area (Å²) >= 11 is 0. The number of amides is 1. The first-order chi connectivity index (χ1) is 11.7. The predicted octanol–water partition coefficient (Wildman–Crippen LogP) is 2.96. The summed E-state index contributed by atoms with van der Waals surface area (Å²) in [5.74, 6) is 0.935. The number of carbonyl (C=O) groups excluding carboxylic acids is 1. The molecule has 4 nitrogen and oxygen atoms in total. The molecule has 0 spiro atoms. The molecule has 3 aliphatic rings. The second kappa shape index (κ2) is 6.85. The minimum atomic E-state index is -0.298. The highest BCUT2D eigenvalue weighted by Gasteiger charge is 2.39. The fourth-order valence-corrected chi connectivity index (χ4v) is 4.45. The van der Waals surface area contributed by atoms with Crippen molar-refractivity contribution >= 4 is 5.91 Å². The van der Waals surface area contributed by atoms with E-state index in [4.69, 9.17) is 4.74 Å². The number of aliphatic hydroxyl groups is 1. The number of rotatable bonds is 3. The van der Waals surface area contributed by atoms with Gasteiger partial charge in [-0.15, -0.1) is 0 Å². The van der Waals surface area contributed by atoms with Gasteiger partial charge in [-0.25, -0.2) is 0 Å². The summed E-state index contributed by atoms with van der Waals surface area (Å²) < 4.78 is 5.63. The van der Waals surface area contributed by atoms with Crippen LogP contribution in [-0.4, -0.2) is 47.8 Å². The van der Waals surface area contributed by atoms with Crippen LogP contribution < -0.4 is 0 Å². The van der Waals surface area contributed by atoms with Crippen molar-refractivity contribution in [3.8, 4) is 0 Å². The number of benzene rings is 1. The van der Waals surface area contributed by atoms with Crippen molar-refractivity contribution in [2.45, 2.75) is 56.6 Å². The van der Waals surface area contributed by atoms with Crippen LogP contribution >= 0.6 is 0 Å². The van der Waals surface area contributed by atoms with E-state index in [-0.39, 0.29) is 24.0 Å². The predicted molar refractivity (Wildman–Crippen MR) is 92.0 cm³/mol. The zero-order valence-electron chi connectivity index (χ0n) is 14.2. The number of nitrogens with zero attached hydrogens (tertiary/aromatic N) is 1. The Balaban J connectivity index is 1.50. The SMILES string of the molecule is O=C(c1ccc(C2CCC2)cc1)N1CCOC[C@@H]1[C@@H]1CCC[C@@H]1O. The van der Waals surface area contributed by atoms with Gasteiger partial charge in [-0.1, -0.05) is 25.0 Å². The average molecular weight is 329 g/mol. The largest absolute Gasteiger partial charge is 0.393 e. The summed E-state index contributed by atoms with van der Waals surface area (Å²) in [5, 5.41) is 10.2. The average Bonchev–Trinajstić information content (AvgIpc) is 2.99. The fourth-order valence-electron chi connectivity index (χ4n) is 4.45. The van der Waals surface area contributed by atoms with E-state index in [9.17, 15) is 9.90 Å². The van der Waals surface area contributed by atoms with Crippen LogP contribution in [0.4, 0.5) is 0 Å². The minimum absolute atomic E-state index is 0.00931. The Bertz CT molecular complexity index is 581. The first-order valence-corrected chi connectivity index (χ1v) is 9.41. The number of ether oxygens (including phenoxy) is 1. The Hall–Kier alpha value is -1.39. The zero-order chi connectivity index (χ0) is 16.5. The molecule has 0 radical (unpaired) electrons. The maximum Gasteiger partial charge on any atom is 0.254 e. The van der Waals surface area contributed by atoms with Crippen molar-refractivity contribution in [3.63, 3.8) is 0 Å². The van der Waals surface area contributed by atoms with Gasteiger partial charge in [-0.2, -0.15) is 0 Å². The molecule has 0 aromatic heterocycles. The molecule has 1 aliphatic heterocycles. The maximum atomic E-state index is 13.0. The van der Waals surface area contributed by atoms with Crippen LogP contribution in [-0.2, 0) is 4.74 Å². The molecule has 4 heteroatoms. The Morgan fingerprint density at radius 3 is 2.46 bits per heavy atom. The molecule has 1 saturated heterocycles. The molecule has 0 unspecified atom stereocenters. The van der Waals surface area contributed by atoms with Crippen LogP contribution in [0.5, 0.6) is 0 Å². The van der Waals surface area contributed by atoms with Gasteiger partial charge in [0.15, 0.2) is 0 Å². The van der Waals surface area contributed by atoms with Crippen molar-refractivity contribution in [2.75, 3.05) is 19.8 Å². The molecule has 4 rings (SSSR count). The Labute approximate surface area is 143 Å². The lowest BCUT2D eigenvalue weighted by Crippen LogP contribution is -2.53.